The normalized spacial score (nSPS) is 18.3. The highest BCUT2D eigenvalue weighted by atomic mass is 32.2. The number of carboxylic acids is 1. The standard InChI is InChI=1S/C32H45N5O3S/c1-9-28(41-33-8)35-21(2)34-26(23-11-13-24(14-12-23)30(39)40)16-10-22-18-32(6,7)37(19-22)29-25(20-38)15-17-27(36-29)31(3,4)5/h9,11-15,17,20,22,26,33H,10,16,18-19H2,1-8H3,(H,34,35)(H,39,40)/b28-9+. The van der Waals surface area contributed by atoms with Crippen LogP contribution in [0.5, 0.6) is 0 Å². The van der Waals surface area contributed by atoms with Gasteiger partial charge in [-0.3, -0.25) is 14.5 Å². The van der Waals surface area contributed by atoms with Crippen LogP contribution >= 0.6 is 11.9 Å². The number of aromatic nitrogens is 1. The highest BCUT2D eigenvalue weighted by molar-refractivity contribution is 8.01. The average Bonchev–Trinajstić information content (AvgIpc) is 3.23. The predicted octanol–water partition coefficient (Wildman–Crippen LogP) is 6.75. The molecule has 0 saturated carbocycles. The van der Waals surface area contributed by atoms with E-state index < -0.39 is 5.97 Å². The second-order valence-corrected chi connectivity index (χ2v) is 13.3. The molecule has 1 aromatic carbocycles. The van der Waals surface area contributed by atoms with Crippen molar-refractivity contribution in [1.82, 2.24) is 15.0 Å². The zero-order valence-corrected chi connectivity index (χ0v) is 26.4. The number of nitrogens with one attached hydrogen (secondary N) is 2. The van der Waals surface area contributed by atoms with Crippen molar-refractivity contribution in [3.63, 3.8) is 0 Å². The summed E-state index contributed by atoms with van der Waals surface area (Å²) in [5.74, 6) is 1.00. The minimum Gasteiger partial charge on any atom is -0.478 e. The van der Waals surface area contributed by atoms with E-state index in [0.29, 0.717) is 11.5 Å². The first kappa shape index (κ1) is 32.3. The Balaban J connectivity index is 1.85. The fraction of sp³-hybridized carbons (Fsp3) is 0.500. The molecule has 1 saturated heterocycles. The van der Waals surface area contributed by atoms with Crippen molar-refractivity contribution in [2.45, 2.75) is 84.7 Å². The number of aliphatic imine (C=N–C) groups is 1. The van der Waals surface area contributed by atoms with Gasteiger partial charge in [0.05, 0.1) is 28.0 Å². The molecule has 222 valence electrons. The number of aromatic carboxylic acids is 1. The maximum absolute atomic E-state index is 12.0. The Morgan fingerprint density at radius 2 is 1.93 bits per heavy atom. The van der Waals surface area contributed by atoms with Gasteiger partial charge in [0.25, 0.3) is 0 Å². The fourth-order valence-corrected chi connectivity index (χ4v) is 5.93. The molecule has 3 rings (SSSR count). The van der Waals surface area contributed by atoms with Gasteiger partial charge in [0.2, 0.25) is 0 Å². The zero-order valence-electron chi connectivity index (χ0n) is 25.6. The molecule has 9 heteroatoms. The van der Waals surface area contributed by atoms with Crippen LogP contribution < -0.4 is 14.9 Å². The van der Waals surface area contributed by atoms with E-state index in [-0.39, 0.29) is 22.6 Å². The van der Waals surface area contributed by atoms with E-state index in [1.54, 1.807) is 12.1 Å². The second kappa shape index (κ2) is 13.7. The van der Waals surface area contributed by atoms with Crippen molar-refractivity contribution in [3.05, 3.63) is 69.9 Å². The maximum atomic E-state index is 12.0. The molecular formula is C32H45N5O3S. The van der Waals surface area contributed by atoms with Crippen LogP contribution in [0.1, 0.15) is 106 Å². The van der Waals surface area contributed by atoms with Crippen LogP contribution in [0.3, 0.4) is 0 Å². The van der Waals surface area contributed by atoms with Crippen LogP contribution in [0.15, 0.2) is 52.5 Å². The number of benzene rings is 1. The monoisotopic (exact) mass is 579 g/mol. The van der Waals surface area contributed by atoms with Crippen molar-refractivity contribution in [1.29, 1.82) is 0 Å². The second-order valence-electron chi connectivity index (χ2n) is 12.3. The Hall–Kier alpha value is -3.17. The number of pyridine rings is 1. The Morgan fingerprint density at radius 1 is 1.24 bits per heavy atom. The number of nitrogens with zero attached hydrogens (tertiary/aromatic N) is 3. The van der Waals surface area contributed by atoms with Gasteiger partial charge in [-0.05, 0) is 102 Å². The summed E-state index contributed by atoms with van der Waals surface area (Å²) in [4.78, 5) is 35.7. The molecule has 1 aliphatic rings. The van der Waals surface area contributed by atoms with Gasteiger partial charge in [-0.25, -0.2) is 9.78 Å². The molecule has 0 bridgehead atoms. The first-order chi connectivity index (χ1) is 19.3. The number of carbonyl (C=O) groups excluding carboxylic acids is 1. The van der Waals surface area contributed by atoms with Crippen molar-refractivity contribution in [3.8, 4) is 0 Å². The molecule has 2 heterocycles. The summed E-state index contributed by atoms with van der Waals surface area (Å²) in [6.07, 6.45) is 5.60. The maximum Gasteiger partial charge on any atom is 0.335 e. The lowest BCUT2D eigenvalue weighted by Crippen LogP contribution is -2.39. The Bertz CT molecular complexity index is 1280. The zero-order chi connectivity index (χ0) is 30.4. The molecule has 0 spiro atoms. The molecule has 1 fully saturated rings. The molecule has 2 unspecified atom stereocenters. The van der Waals surface area contributed by atoms with Crippen LogP contribution in [0.4, 0.5) is 5.82 Å². The number of allylic oxidation sites excluding steroid dienone is 1. The van der Waals surface area contributed by atoms with E-state index >= 15 is 0 Å². The first-order valence-electron chi connectivity index (χ1n) is 14.2. The van der Waals surface area contributed by atoms with Crippen LogP contribution in [0.25, 0.3) is 0 Å². The average molecular weight is 580 g/mol. The third kappa shape index (κ3) is 8.42. The molecule has 8 nitrogen and oxygen atoms in total. The quantitative estimate of drug-likeness (QED) is 0.116. The van der Waals surface area contributed by atoms with Crippen molar-refractivity contribution in [2.24, 2.45) is 10.9 Å². The van der Waals surface area contributed by atoms with Gasteiger partial charge >= 0.3 is 5.97 Å². The van der Waals surface area contributed by atoms with Crippen LogP contribution in [0.2, 0.25) is 0 Å². The number of aldehydes is 1. The lowest BCUT2D eigenvalue weighted by molar-refractivity contribution is 0.0696. The minimum atomic E-state index is -0.941. The van der Waals surface area contributed by atoms with E-state index in [0.717, 1.165) is 60.0 Å². The smallest absolute Gasteiger partial charge is 0.335 e. The van der Waals surface area contributed by atoms with Gasteiger partial charge in [0.1, 0.15) is 5.82 Å². The summed E-state index contributed by atoms with van der Waals surface area (Å²) in [6.45, 7) is 15.6. The number of carbonyl (C=O) groups is 2. The van der Waals surface area contributed by atoms with Crippen molar-refractivity contribution in [2.75, 3.05) is 18.5 Å². The molecule has 2 atom stereocenters. The minimum absolute atomic E-state index is 0.120. The highest BCUT2D eigenvalue weighted by Crippen LogP contribution is 2.41. The molecule has 3 N–H and O–H groups in total. The Kier molecular flexibility index (Phi) is 10.8. The molecule has 1 aliphatic heterocycles. The van der Waals surface area contributed by atoms with E-state index in [1.165, 1.54) is 11.9 Å². The fourth-order valence-electron chi connectivity index (χ4n) is 5.40. The van der Waals surface area contributed by atoms with Crippen LogP contribution in [0, 0.1) is 5.92 Å². The number of anilines is 1. The lowest BCUT2D eigenvalue weighted by Gasteiger charge is -2.34. The van der Waals surface area contributed by atoms with Gasteiger partial charge in [0.15, 0.2) is 6.29 Å². The summed E-state index contributed by atoms with van der Waals surface area (Å²) in [7, 11) is 1.87. The largest absolute Gasteiger partial charge is 0.478 e. The van der Waals surface area contributed by atoms with Crippen molar-refractivity contribution < 1.29 is 14.7 Å². The molecular weight excluding hydrogens is 534 g/mol. The molecule has 0 radical (unpaired) electrons. The summed E-state index contributed by atoms with van der Waals surface area (Å²) >= 11 is 1.49. The summed E-state index contributed by atoms with van der Waals surface area (Å²) < 4.78 is 3.08. The molecule has 0 amide bonds. The summed E-state index contributed by atoms with van der Waals surface area (Å²) in [6, 6.07) is 10.7. The third-order valence-electron chi connectivity index (χ3n) is 7.53. The summed E-state index contributed by atoms with van der Waals surface area (Å²) in [5, 5.41) is 13.7. The van der Waals surface area contributed by atoms with Gasteiger partial charge in [-0.1, -0.05) is 39.0 Å². The SMILES string of the molecule is C/C=C(\NC(C)=NC(CCC1CN(c2nc(C(C)(C)C)ccc2C=O)C(C)(C)C1)c1ccc(C(=O)O)cc1)SNC. The number of rotatable bonds is 11. The van der Waals surface area contributed by atoms with Gasteiger partial charge in [-0.15, -0.1) is 0 Å². The van der Waals surface area contributed by atoms with E-state index in [1.807, 2.05) is 51.2 Å². The van der Waals surface area contributed by atoms with Crippen LogP contribution in [-0.4, -0.2) is 47.3 Å². The van der Waals surface area contributed by atoms with Gasteiger partial charge in [-0.2, -0.15) is 0 Å². The van der Waals surface area contributed by atoms with E-state index in [4.69, 9.17) is 9.98 Å². The van der Waals surface area contributed by atoms with Gasteiger partial charge < -0.3 is 15.3 Å². The Morgan fingerprint density at radius 3 is 2.49 bits per heavy atom. The number of hydrogen-bond donors (Lipinski definition) is 3. The molecule has 41 heavy (non-hydrogen) atoms. The molecule has 1 aromatic heterocycles. The van der Waals surface area contributed by atoms with E-state index in [9.17, 15) is 14.7 Å². The number of amidine groups is 1. The topological polar surface area (TPSA) is 107 Å². The van der Waals surface area contributed by atoms with Gasteiger partial charge in [0, 0.05) is 23.2 Å². The molecule has 2 aromatic rings. The van der Waals surface area contributed by atoms with Crippen molar-refractivity contribution >= 4 is 35.9 Å². The predicted molar refractivity (Wildman–Crippen MR) is 170 cm³/mol. The van der Waals surface area contributed by atoms with Crippen LogP contribution in [-0.2, 0) is 5.41 Å². The lowest BCUT2D eigenvalue weighted by atomic mass is 9.90. The molecule has 0 aliphatic carbocycles. The number of carboxylic acid groups (broad SMARTS) is 1. The highest BCUT2D eigenvalue weighted by Gasteiger charge is 2.40. The Labute approximate surface area is 249 Å². The first-order valence-corrected chi connectivity index (χ1v) is 15.0. The summed E-state index contributed by atoms with van der Waals surface area (Å²) in [5.41, 5.74) is 2.56. The third-order valence-corrected chi connectivity index (χ3v) is 8.30. The van der Waals surface area contributed by atoms with E-state index in [2.05, 4.69) is 49.6 Å². The number of hydrogen-bond acceptors (Lipinski definition) is 7.